The summed E-state index contributed by atoms with van der Waals surface area (Å²) in [7, 11) is 3.53. The van der Waals surface area contributed by atoms with Crippen LogP contribution in [0.3, 0.4) is 0 Å². The second-order valence-electron chi connectivity index (χ2n) is 7.08. The number of nitrogens with zero attached hydrogens (tertiary/aromatic N) is 2. The molecule has 0 spiro atoms. The van der Waals surface area contributed by atoms with Gasteiger partial charge in [0.25, 0.3) is 5.91 Å². The summed E-state index contributed by atoms with van der Waals surface area (Å²) in [6.45, 7) is 8.16. The van der Waals surface area contributed by atoms with Gasteiger partial charge in [0.15, 0.2) is 5.96 Å². The zero-order valence-electron chi connectivity index (χ0n) is 16.2. The summed E-state index contributed by atoms with van der Waals surface area (Å²) in [6.07, 6.45) is 0.833. The van der Waals surface area contributed by atoms with Crippen molar-refractivity contribution in [3.8, 4) is 0 Å². The van der Waals surface area contributed by atoms with Gasteiger partial charge in [-0.2, -0.15) is 0 Å². The number of aliphatic imine (C=N–C) groups is 1. The van der Waals surface area contributed by atoms with Gasteiger partial charge in [0.1, 0.15) is 0 Å². The van der Waals surface area contributed by atoms with E-state index >= 15 is 0 Å². The fourth-order valence-corrected chi connectivity index (χ4v) is 2.60. The van der Waals surface area contributed by atoms with Crippen molar-refractivity contribution in [3.63, 3.8) is 0 Å². The fraction of sp³-hybridized carbons (Fsp3) is 0.579. The molecule has 1 fully saturated rings. The van der Waals surface area contributed by atoms with Crippen molar-refractivity contribution in [1.29, 1.82) is 0 Å². The number of hydrogen-bond donors (Lipinski definition) is 2. The minimum absolute atomic E-state index is 0. The van der Waals surface area contributed by atoms with E-state index in [-0.39, 0.29) is 35.3 Å². The van der Waals surface area contributed by atoms with Crippen molar-refractivity contribution in [2.24, 2.45) is 10.4 Å². The van der Waals surface area contributed by atoms with Crippen LogP contribution >= 0.6 is 24.0 Å². The molecule has 0 bridgehead atoms. The number of carbonyl (C=O) groups is 1. The normalized spacial score (nSPS) is 15.5. The molecule has 0 unspecified atom stereocenters. The molecular formula is C19H31IN4O2. The molecule has 26 heavy (non-hydrogen) atoms. The topological polar surface area (TPSA) is 66.0 Å². The highest BCUT2D eigenvalue weighted by molar-refractivity contribution is 14.0. The van der Waals surface area contributed by atoms with Gasteiger partial charge in [-0.1, -0.05) is 19.1 Å². The van der Waals surface area contributed by atoms with Crippen molar-refractivity contribution < 1.29 is 9.53 Å². The number of ether oxygens (including phenoxy) is 1. The average Bonchev–Trinajstić information content (AvgIpc) is 2.57. The Morgan fingerprint density at radius 1 is 1.31 bits per heavy atom. The van der Waals surface area contributed by atoms with Gasteiger partial charge in [0, 0.05) is 38.2 Å². The van der Waals surface area contributed by atoms with E-state index in [1.807, 2.05) is 24.3 Å². The maximum Gasteiger partial charge on any atom is 0.253 e. The Balaban J connectivity index is 0.00000338. The summed E-state index contributed by atoms with van der Waals surface area (Å²) in [5.41, 5.74) is 2.03. The maximum atomic E-state index is 12.0. The molecule has 1 heterocycles. The minimum atomic E-state index is 0. The molecule has 0 saturated carbocycles. The molecule has 7 heteroatoms. The minimum Gasteiger partial charge on any atom is -0.380 e. The summed E-state index contributed by atoms with van der Waals surface area (Å²) in [6, 6.07) is 7.79. The van der Waals surface area contributed by atoms with Crippen LogP contribution in [0.1, 0.15) is 29.8 Å². The SMILES string of the molecule is CCNC(=NCC1(C)COC1)NCCc1cccc(C(=O)N(C)C)c1.I. The van der Waals surface area contributed by atoms with E-state index in [0.29, 0.717) is 0 Å². The Bertz CT molecular complexity index is 615. The molecule has 1 aromatic carbocycles. The first kappa shape index (κ1) is 22.7. The molecule has 6 nitrogen and oxygen atoms in total. The highest BCUT2D eigenvalue weighted by atomic mass is 127. The van der Waals surface area contributed by atoms with Crippen molar-refractivity contribution in [3.05, 3.63) is 35.4 Å². The standard InChI is InChI=1S/C19H30N4O2.HI/c1-5-20-18(22-12-19(2)13-25-14-19)21-10-9-15-7-6-8-16(11-15)17(24)23(3)4;/h6-8,11H,5,9-10,12-14H2,1-4H3,(H2,20,21,22);1H. The van der Waals surface area contributed by atoms with Crippen LogP contribution in [0.15, 0.2) is 29.3 Å². The number of nitrogens with one attached hydrogen (secondary N) is 2. The molecule has 0 radical (unpaired) electrons. The number of hydrogen-bond acceptors (Lipinski definition) is 3. The van der Waals surface area contributed by atoms with Crippen molar-refractivity contribution in [1.82, 2.24) is 15.5 Å². The van der Waals surface area contributed by atoms with Crippen molar-refractivity contribution >= 4 is 35.8 Å². The van der Waals surface area contributed by atoms with Crippen LogP contribution in [0.4, 0.5) is 0 Å². The highest BCUT2D eigenvalue weighted by Crippen LogP contribution is 2.26. The van der Waals surface area contributed by atoms with E-state index in [1.54, 1.807) is 19.0 Å². The number of halogens is 1. The first-order valence-electron chi connectivity index (χ1n) is 8.84. The van der Waals surface area contributed by atoms with Gasteiger partial charge in [0.05, 0.1) is 19.8 Å². The number of amides is 1. The zero-order valence-corrected chi connectivity index (χ0v) is 18.5. The Labute approximate surface area is 173 Å². The molecule has 0 atom stereocenters. The first-order valence-corrected chi connectivity index (χ1v) is 8.84. The molecule has 1 saturated heterocycles. The van der Waals surface area contributed by atoms with Gasteiger partial charge in [-0.25, -0.2) is 0 Å². The van der Waals surface area contributed by atoms with E-state index < -0.39 is 0 Å². The summed E-state index contributed by atoms with van der Waals surface area (Å²) in [5, 5.41) is 6.64. The lowest BCUT2D eigenvalue weighted by Gasteiger charge is -2.36. The molecule has 0 aliphatic carbocycles. The first-order chi connectivity index (χ1) is 11.9. The smallest absolute Gasteiger partial charge is 0.253 e. The van der Waals surface area contributed by atoms with Gasteiger partial charge in [-0.05, 0) is 31.0 Å². The average molecular weight is 474 g/mol. The van der Waals surface area contributed by atoms with Gasteiger partial charge in [0.2, 0.25) is 0 Å². The van der Waals surface area contributed by atoms with Crippen LogP contribution in [-0.4, -0.2) is 63.7 Å². The second kappa shape index (κ2) is 10.7. The van der Waals surface area contributed by atoms with E-state index in [9.17, 15) is 4.79 Å². The summed E-state index contributed by atoms with van der Waals surface area (Å²) < 4.78 is 5.28. The molecule has 1 aliphatic rings. The summed E-state index contributed by atoms with van der Waals surface area (Å²) >= 11 is 0. The van der Waals surface area contributed by atoms with Crippen molar-refractivity contribution in [2.75, 3.05) is 46.9 Å². The summed E-state index contributed by atoms with van der Waals surface area (Å²) in [4.78, 5) is 18.3. The number of carbonyl (C=O) groups excluding carboxylic acids is 1. The highest BCUT2D eigenvalue weighted by Gasteiger charge is 2.33. The monoisotopic (exact) mass is 474 g/mol. The third kappa shape index (κ3) is 6.75. The molecule has 2 N–H and O–H groups in total. The van der Waals surface area contributed by atoms with Crippen LogP contribution in [0.25, 0.3) is 0 Å². The predicted octanol–water partition coefficient (Wildman–Crippen LogP) is 2.14. The van der Waals surface area contributed by atoms with Crippen LogP contribution in [-0.2, 0) is 11.2 Å². The predicted molar refractivity (Wildman–Crippen MR) is 116 cm³/mol. The van der Waals surface area contributed by atoms with Crippen LogP contribution < -0.4 is 10.6 Å². The van der Waals surface area contributed by atoms with E-state index in [0.717, 1.165) is 56.4 Å². The Hall–Kier alpha value is -1.35. The lowest BCUT2D eigenvalue weighted by molar-refractivity contribution is -0.0945. The molecule has 146 valence electrons. The van der Waals surface area contributed by atoms with Gasteiger partial charge in [-0.15, -0.1) is 24.0 Å². The lowest BCUT2D eigenvalue weighted by atomic mass is 9.89. The Morgan fingerprint density at radius 3 is 2.62 bits per heavy atom. The van der Waals surface area contributed by atoms with Crippen LogP contribution in [0, 0.1) is 5.41 Å². The van der Waals surface area contributed by atoms with Crippen LogP contribution in [0.5, 0.6) is 0 Å². The second-order valence-corrected chi connectivity index (χ2v) is 7.08. The molecular weight excluding hydrogens is 443 g/mol. The molecule has 1 aromatic rings. The largest absolute Gasteiger partial charge is 0.380 e. The van der Waals surface area contributed by atoms with Gasteiger partial charge < -0.3 is 20.3 Å². The van der Waals surface area contributed by atoms with Crippen molar-refractivity contribution in [2.45, 2.75) is 20.3 Å². The van der Waals surface area contributed by atoms with E-state index in [1.165, 1.54) is 0 Å². The number of guanidine groups is 1. The van der Waals surface area contributed by atoms with Crippen LogP contribution in [0.2, 0.25) is 0 Å². The Kier molecular flexibility index (Phi) is 9.35. The van der Waals surface area contributed by atoms with E-state index in [2.05, 4.69) is 29.5 Å². The number of benzene rings is 1. The van der Waals surface area contributed by atoms with Gasteiger partial charge in [-0.3, -0.25) is 9.79 Å². The third-order valence-electron chi connectivity index (χ3n) is 4.15. The zero-order chi connectivity index (χ0) is 18.3. The van der Waals surface area contributed by atoms with E-state index in [4.69, 9.17) is 4.74 Å². The molecule has 1 aliphatic heterocycles. The Morgan fingerprint density at radius 2 is 2.04 bits per heavy atom. The molecule has 1 amide bonds. The maximum absolute atomic E-state index is 12.0. The third-order valence-corrected chi connectivity index (χ3v) is 4.15. The molecule has 0 aromatic heterocycles. The summed E-state index contributed by atoms with van der Waals surface area (Å²) in [5.74, 6) is 0.858. The number of rotatable bonds is 7. The van der Waals surface area contributed by atoms with Gasteiger partial charge >= 0.3 is 0 Å². The fourth-order valence-electron chi connectivity index (χ4n) is 2.60. The molecule has 2 rings (SSSR count). The quantitative estimate of drug-likeness (QED) is 0.361. The lowest BCUT2D eigenvalue weighted by Crippen LogP contribution is -2.44.